The van der Waals surface area contributed by atoms with Crippen molar-refractivity contribution in [2.24, 2.45) is 0 Å². The van der Waals surface area contributed by atoms with E-state index in [4.69, 9.17) is 29.1 Å². The molecule has 4 rings (SSSR count). The highest BCUT2D eigenvalue weighted by Crippen LogP contribution is 2.30. The van der Waals surface area contributed by atoms with Gasteiger partial charge in [0.2, 0.25) is 5.89 Å². The number of hydrogen-bond donors (Lipinski definition) is 2. The molecule has 1 aromatic heterocycles. The molecule has 3 heterocycles. The minimum Gasteiger partial charge on any atom is -0.493 e. The maximum Gasteiger partial charge on any atom is 0.414 e. The Balaban J connectivity index is 0.000000286. The number of hydrogen-bond acceptors (Lipinski definition) is 7. The second kappa shape index (κ2) is 7.52. The average Bonchev–Trinajstić information content (AvgIpc) is 3.19. The standard InChI is InChI=1S/C15H17N3O2.C2H2O4/c1-10-16-15(20-17-10)13-8-18(9-13)7-11-2-3-14-12(6-11)4-5-19-14;3-1(4)2(5)6/h2-3,6,13H,4-5,7-9H2,1H3;(H,3,4)(H,5,6). The van der Waals surface area contributed by atoms with Gasteiger partial charge in [-0.05, 0) is 24.1 Å². The van der Waals surface area contributed by atoms with E-state index in [9.17, 15) is 0 Å². The summed E-state index contributed by atoms with van der Waals surface area (Å²) in [5.41, 5.74) is 2.70. The summed E-state index contributed by atoms with van der Waals surface area (Å²) in [5.74, 6) is -0.700. The smallest absolute Gasteiger partial charge is 0.414 e. The van der Waals surface area contributed by atoms with Crippen molar-refractivity contribution in [3.05, 3.63) is 41.0 Å². The van der Waals surface area contributed by atoms with Crippen LogP contribution in [-0.2, 0) is 22.6 Å². The summed E-state index contributed by atoms with van der Waals surface area (Å²) in [4.78, 5) is 24.9. The monoisotopic (exact) mass is 361 g/mol. The molecular formula is C17H19N3O6. The first-order chi connectivity index (χ1) is 12.4. The van der Waals surface area contributed by atoms with Gasteiger partial charge >= 0.3 is 11.9 Å². The van der Waals surface area contributed by atoms with Crippen LogP contribution in [0.5, 0.6) is 5.75 Å². The second-order valence-corrected chi connectivity index (χ2v) is 6.22. The fourth-order valence-electron chi connectivity index (χ4n) is 2.93. The van der Waals surface area contributed by atoms with E-state index in [2.05, 4.69) is 33.2 Å². The van der Waals surface area contributed by atoms with Crippen molar-refractivity contribution in [1.29, 1.82) is 0 Å². The molecule has 0 aliphatic carbocycles. The molecule has 1 aromatic carbocycles. The zero-order valence-corrected chi connectivity index (χ0v) is 14.2. The van der Waals surface area contributed by atoms with Crippen LogP contribution in [0, 0.1) is 6.92 Å². The molecule has 138 valence electrons. The van der Waals surface area contributed by atoms with Crippen molar-refractivity contribution in [1.82, 2.24) is 15.0 Å². The fraction of sp³-hybridized carbons (Fsp3) is 0.412. The van der Waals surface area contributed by atoms with Crippen molar-refractivity contribution in [2.75, 3.05) is 19.7 Å². The van der Waals surface area contributed by atoms with Crippen LogP contribution in [0.4, 0.5) is 0 Å². The number of carbonyl (C=O) groups is 2. The third-order valence-corrected chi connectivity index (χ3v) is 4.19. The van der Waals surface area contributed by atoms with Crippen LogP contribution in [0.15, 0.2) is 22.7 Å². The number of rotatable bonds is 3. The van der Waals surface area contributed by atoms with Gasteiger partial charge in [-0.2, -0.15) is 4.98 Å². The molecule has 0 amide bonds. The van der Waals surface area contributed by atoms with E-state index in [1.165, 1.54) is 11.1 Å². The number of aromatic nitrogens is 2. The van der Waals surface area contributed by atoms with Crippen LogP contribution in [-0.4, -0.2) is 56.9 Å². The molecule has 0 radical (unpaired) electrons. The predicted molar refractivity (Wildman–Crippen MR) is 88.0 cm³/mol. The van der Waals surface area contributed by atoms with Gasteiger partial charge in [0, 0.05) is 26.1 Å². The van der Waals surface area contributed by atoms with Gasteiger partial charge in [0.25, 0.3) is 0 Å². The Labute approximate surface area is 149 Å². The lowest BCUT2D eigenvalue weighted by Crippen LogP contribution is -2.44. The Kier molecular flexibility index (Phi) is 5.17. The lowest BCUT2D eigenvalue weighted by molar-refractivity contribution is -0.159. The summed E-state index contributed by atoms with van der Waals surface area (Å²) >= 11 is 0. The van der Waals surface area contributed by atoms with Crippen LogP contribution in [0.2, 0.25) is 0 Å². The number of ether oxygens (including phenoxy) is 1. The van der Waals surface area contributed by atoms with Crippen LogP contribution in [0.1, 0.15) is 28.8 Å². The van der Waals surface area contributed by atoms with Crippen molar-refractivity contribution in [2.45, 2.75) is 25.8 Å². The highest BCUT2D eigenvalue weighted by atomic mass is 16.5. The summed E-state index contributed by atoms with van der Waals surface area (Å²) in [7, 11) is 0. The minimum atomic E-state index is -1.82. The first-order valence-electron chi connectivity index (χ1n) is 8.15. The molecule has 2 aliphatic rings. The van der Waals surface area contributed by atoms with Crippen molar-refractivity contribution in [3.63, 3.8) is 0 Å². The lowest BCUT2D eigenvalue weighted by Gasteiger charge is -2.37. The highest BCUT2D eigenvalue weighted by Gasteiger charge is 2.32. The molecule has 26 heavy (non-hydrogen) atoms. The van der Waals surface area contributed by atoms with E-state index >= 15 is 0 Å². The van der Waals surface area contributed by atoms with Gasteiger partial charge in [-0.3, -0.25) is 4.90 Å². The molecule has 2 aromatic rings. The number of carboxylic acids is 2. The van der Waals surface area contributed by atoms with Gasteiger partial charge < -0.3 is 19.5 Å². The average molecular weight is 361 g/mol. The van der Waals surface area contributed by atoms with Gasteiger partial charge in [0.05, 0.1) is 12.5 Å². The number of aryl methyl sites for hydroxylation is 1. The van der Waals surface area contributed by atoms with Gasteiger partial charge in [-0.1, -0.05) is 17.3 Å². The molecule has 1 saturated heterocycles. The van der Waals surface area contributed by atoms with E-state index in [1.54, 1.807) is 0 Å². The summed E-state index contributed by atoms with van der Waals surface area (Å²) < 4.78 is 10.8. The van der Waals surface area contributed by atoms with Crippen molar-refractivity contribution < 1.29 is 29.1 Å². The largest absolute Gasteiger partial charge is 0.493 e. The van der Waals surface area contributed by atoms with Crippen LogP contribution < -0.4 is 4.74 Å². The topological polar surface area (TPSA) is 126 Å². The summed E-state index contributed by atoms with van der Waals surface area (Å²) in [5, 5.41) is 18.6. The van der Waals surface area contributed by atoms with Gasteiger partial charge in [-0.25, -0.2) is 9.59 Å². The highest BCUT2D eigenvalue weighted by molar-refractivity contribution is 6.27. The number of benzene rings is 1. The maximum atomic E-state index is 9.10. The first kappa shape index (κ1) is 17.9. The predicted octanol–water partition coefficient (Wildman–Crippen LogP) is 1.07. The summed E-state index contributed by atoms with van der Waals surface area (Å²) in [6.45, 7) is 5.65. The summed E-state index contributed by atoms with van der Waals surface area (Å²) in [6.07, 6.45) is 1.03. The minimum absolute atomic E-state index is 0.397. The third-order valence-electron chi connectivity index (χ3n) is 4.19. The zero-order valence-electron chi connectivity index (χ0n) is 14.2. The molecule has 2 aliphatic heterocycles. The van der Waals surface area contributed by atoms with Crippen LogP contribution >= 0.6 is 0 Å². The van der Waals surface area contributed by atoms with Crippen molar-refractivity contribution in [3.8, 4) is 5.75 Å². The maximum absolute atomic E-state index is 9.10. The van der Waals surface area contributed by atoms with E-state index in [-0.39, 0.29) is 0 Å². The van der Waals surface area contributed by atoms with Gasteiger partial charge in [0.1, 0.15) is 5.75 Å². The Hall–Kier alpha value is -2.94. The number of aliphatic carboxylic acids is 2. The SMILES string of the molecule is Cc1noc(C2CN(Cc3ccc4c(c3)CCO4)C2)n1.O=C(O)C(=O)O. The molecule has 9 heteroatoms. The van der Waals surface area contributed by atoms with E-state index < -0.39 is 11.9 Å². The van der Waals surface area contributed by atoms with Crippen LogP contribution in [0.3, 0.4) is 0 Å². The van der Waals surface area contributed by atoms with E-state index in [1.807, 2.05) is 6.92 Å². The quantitative estimate of drug-likeness (QED) is 0.772. The zero-order chi connectivity index (χ0) is 18.7. The van der Waals surface area contributed by atoms with E-state index in [0.717, 1.165) is 50.1 Å². The van der Waals surface area contributed by atoms with Gasteiger partial charge in [0.15, 0.2) is 5.82 Å². The number of nitrogens with zero attached hydrogens (tertiary/aromatic N) is 3. The Morgan fingerprint density at radius 1 is 1.27 bits per heavy atom. The fourth-order valence-corrected chi connectivity index (χ4v) is 2.93. The lowest BCUT2D eigenvalue weighted by atomic mass is 9.98. The number of fused-ring (bicyclic) bond motifs is 1. The molecule has 9 nitrogen and oxygen atoms in total. The molecule has 0 spiro atoms. The first-order valence-corrected chi connectivity index (χ1v) is 8.15. The molecular weight excluding hydrogens is 342 g/mol. The van der Waals surface area contributed by atoms with Crippen LogP contribution in [0.25, 0.3) is 0 Å². The van der Waals surface area contributed by atoms with E-state index in [0.29, 0.717) is 5.92 Å². The Bertz CT molecular complexity index is 801. The van der Waals surface area contributed by atoms with Crippen molar-refractivity contribution >= 4 is 11.9 Å². The second-order valence-electron chi connectivity index (χ2n) is 6.22. The molecule has 2 N–H and O–H groups in total. The molecule has 0 bridgehead atoms. The summed E-state index contributed by atoms with van der Waals surface area (Å²) in [6, 6.07) is 6.52. The molecule has 0 saturated carbocycles. The normalized spacial score (nSPS) is 16.0. The Morgan fingerprint density at radius 3 is 2.62 bits per heavy atom. The molecule has 1 fully saturated rings. The molecule has 0 unspecified atom stereocenters. The molecule has 0 atom stereocenters. The number of likely N-dealkylation sites (tertiary alicyclic amines) is 1. The van der Waals surface area contributed by atoms with Gasteiger partial charge in [-0.15, -0.1) is 0 Å². The Morgan fingerprint density at radius 2 is 2.00 bits per heavy atom. The number of carboxylic acid groups (broad SMARTS) is 2. The third kappa shape index (κ3) is 4.17.